The van der Waals surface area contributed by atoms with Gasteiger partial charge in [-0.15, -0.1) is 0 Å². The molecule has 5 heteroatoms. The summed E-state index contributed by atoms with van der Waals surface area (Å²) in [6.45, 7) is 0.406. The van der Waals surface area contributed by atoms with Crippen molar-refractivity contribution in [1.29, 1.82) is 0 Å². The molecular formula is C14H15F2N3. The van der Waals surface area contributed by atoms with Crippen LogP contribution in [0, 0.1) is 11.6 Å². The Kier molecular flexibility index (Phi) is 3.94. The van der Waals surface area contributed by atoms with Crippen LogP contribution in [0.5, 0.6) is 0 Å². The summed E-state index contributed by atoms with van der Waals surface area (Å²) in [6, 6.07) is 7.58. The standard InChI is InChI=1S/C14H15F2N3/c1-19(2)14-13(4-3-7-17-14)18-9-10-5-6-11(15)12(16)8-10/h3-8,18H,9H2,1-2H3. The lowest BCUT2D eigenvalue weighted by molar-refractivity contribution is 0.507. The van der Waals surface area contributed by atoms with E-state index in [1.165, 1.54) is 6.07 Å². The smallest absolute Gasteiger partial charge is 0.159 e. The van der Waals surface area contributed by atoms with Crippen LogP contribution in [0.1, 0.15) is 5.56 Å². The summed E-state index contributed by atoms with van der Waals surface area (Å²) >= 11 is 0. The minimum absolute atomic E-state index is 0.406. The topological polar surface area (TPSA) is 28.2 Å². The normalized spacial score (nSPS) is 10.3. The van der Waals surface area contributed by atoms with Crippen LogP contribution >= 0.6 is 0 Å². The Balaban J connectivity index is 2.12. The average Bonchev–Trinajstić information content (AvgIpc) is 2.40. The molecule has 0 saturated carbocycles. The molecule has 0 atom stereocenters. The lowest BCUT2D eigenvalue weighted by atomic mass is 10.2. The van der Waals surface area contributed by atoms with Crippen LogP contribution < -0.4 is 10.2 Å². The zero-order valence-electron chi connectivity index (χ0n) is 10.8. The molecule has 2 rings (SSSR count). The Hall–Kier alpha value is -2.17. The van der Waals surface area contributed by atoms with E-state index in [2.05, 4.69) is 10.3 Å². The fraction of sp³-hybridized carbons (Fsp3) is 0.214. The quantitative estimate of drug-likeness (QED) is 0.919. The van der Waals surface area contributed by atoms with Crippen LogP contribution in [0.25, 0.3) is 0 Å². The molecule has 0 amide bonds. The summed E-state index contributed by atoms with van der Waals surface area (Å²) in [5.41, 5.74) is 1.52. The number of rotatable bonds is 4. The first-order valence-electron chi connectivity index (χ1n) is 5.88. The fourth-order valence-electron chi connectivity index (χ4n) is 1.74. The molecule has 1 aromatic heterocycles. The summed E-state index contributed by atoms with van der Waals surface area (Å²) in [4.78, 5) is 6.13. The maximum Gasteiger partial charge on any atom is 0.159 e. The van der Waals surface area contributed by atoms with E-state index < -0.39 is 11.6 Å². The third kappa shape index (κ3) is 3.19. The highest BCUT2D eigenvalue weighted by Gasteiger charge is 2.06. The molecule has 1 aromatic carbocycles. The molecule has 0 aliphatic carbocycles. The van der Waals surface area contributed by atoms with Crippen molar-refractivity contribution >= 4 is 11.5 Å². The summed E-state index contributed by atoms with van der Waals surface area (Å²) in [5.74, 6) is -0.873. The minimum atomic E-state index is -0.835. The van der Waals surface area contributed by atoms with Gasteiger partial charge in [0.15, 0.2) is 17.5 Å². The molecule has 1 N–H and O–H groups in total. The van der Waals surface area contributed by atoms with E-state index in [1.807, 2.05) is 31.1 Å². The Labute approximate surface area is 110 Å². The highest BCUT2D eigenvalue weighted by Crippen LogP contribution is 2.21. The number of benzene rings is 1. The number of pyridine rings is 1. The van der Waals surface area contributed by atoms with Crippen molar-refractivity contribution < 1.29 is 8.78 Å². The molecule has 0 saturated heterocycles. The van der Waals surface area contributed by atoms with E-state index in [0.717, 1.165) is 17.6 Å². The first-order valence-corrected chi connectivity index (χ1v) is 5.88. The third-order valence-electron chi connectivity index (χ3n) is 2.68. The Morgan fingerprint density at radius 1 is 1.16 bits per heavy atom. The number of halogens is 2. The summed E-state index contributed by atoms with van der Waals surface area (Å²) in [7, 11) is 3.79. The van der Waals surface area contributed by atoms with Crippen molar-refractivity contribution in [3.8, 4) is 0 Å². The van der Waals surface area contributed by atoms with Crippen LogP contribution in [0.2, 0.25) is 0 Å². The van der Waals surface area contributed by atoms with Crippen molar-refractivity contribution in [2.24, 2.45) is 0 Å². The number of nitrogens with zero attached hydrogens (tertiary/aromatic N) is 2. The van der Waals surface area contributed by atoms with Gasteiger partial charge < -0.3 is 10.2 Å². The van der Waals surface area contributed by atoms with Gasteiger partial charge in [-0.1, -0.05) is 6.07 Å². The van der Waals surface area contributed by atoms with Gasteiger partial charge in [0.05, 0.1) is 5.69 Å². The van der Waals surface area contributed by atoms with Gasteiger partial charge in [-0.05, 0) is 29.8 Å². The lowest BCUT2D eigenvalue weighted by Gasteiger charge is -2.16. The van der Waals surface area contributed by atoms with Crippen molar-refractivity contribution in [3.05, 3.63) is 53.7 Å². The van der Waals surface area contributed by atoms with Gasteiger partial charge in [0.1, 0.15) is 0 Å². The first-order chi connectivity index (χ1) is 9.08. The molecule has 0 unspecified atom stereocenters. The SMILES string of the molecule is CN(C)c1ncccc1NCc1ccc(F)c(F)c1. The van der Waals surface area contributed by atoms with Gasteiger partial charge in [-0.25, -0.2) is 13.8 Å². The predicted molar refractivity (Wildman–Crippen MR) is 72.2 cm³/mol. The Bertz CT molecular complexity index is 570. The van der Waals surface area contributed by atoms with E-state index in [4.69, 9.17) is 0 Å². The molecule has 0 radical (unpaired) electrons. The number of aromatic nitrogens is 1. The summed E-state index contributed by atoms with van der Waals surface area (Å²) < 4.78 is 25.9. The highest BCUT2D eigenvalue weighted by molar-refractivity contribution is 5.64. The van der Waals surface area contributed by atoms with E-state index in [1.54, 1.807) is 12.3 Å². The molecule has 0 aliphatic heterocycles. The number of hydrogen-bond acceptors (Lipinski definition) is 3. The largest absolute Gasteiger partial charge is 0.378 e. The van der Waals surface area contributed by atoms with Crippen LogP contribution in [-0.2, 0) is 6.54 Å². The van der Waals surface area contributed by atoms with Crippen molar-refractivity contribution in [2.75, 3.05) is 24.3 Å². The molecule has 100 valence electrons. The molecular weight excluding hydrogens is 248 g/mol. The highest BCUT2D eigenvalue weighted by atomic mass is 19.2. The third-order valence-corrected chi connectivity index (χ3v) is 2.68. The molecule has 3 nitrogen and oxygen atoms in total. The zero-order valence-corrected chi connectivity index (χ0v) is 10.8. The number of nitrogens with one attached hydrogen (secondary N) is 1. The molecule has 1 heterocycles. The second kappa shape index (κ2) is 5.65. The van der Waals surface area contributed by atoms with Gasteiger partial charge in [-0.2, -0.15) is 0 Å². The molecule has 0 bridgehead atoms. The first kappa shape index (κ1) is 13.3. The number of anilines is 2. The van der Waals surface area contributed by atoms with Gasteiger partial charge in [0.25, 0.3) is 0 Å². The molecule has 0 aliphatic rings. The lowest BCUT2D eigenvalue weighted by Crippen LogP contribution is -2.13. The minimum Gasteiger partial charge on any atom is -0.378 e. The van der Waals surface area contributed by atoms with Crippen molar-refractivity contribution in [1.82, 2.24) is 4.98 Å². The van der Waals surface area contributed by atoms with E-state index >= 15 is 0 Å². The average molecular weight is 263 g/mol. The zero-order chi connectivity index (χ0) is 13.8. The van der Waals surface area contributed by atoms with Gasteiger partial charge >= 0.3 is 0 Å². The van der Waals surface area contributed by atoms with Crippen LogP contribution in [-0.4, -0.2) is 19.1 Å². The Morgan fingerprint density at radius 3 is 2.63 bits per heavy atom. The molecule has 19 heavy (non-hydrogen) atoms. The maximum atomic E-state index is 13.1. The fourth-order valence-corrected chi connectivity index (χ4v) is 1.74. The molecule has 2 aromatic rings. The monoisotopic (exact) mass is 263 g/mol. The van der Waals surface area contributed by atoms with E-state index in [9.17, 15) is 8.78 Å². The second-order valence-corrected chi connectivity index (χ2v) is 4.37. The van der Waals surface area contributed by atoms with E-state index in [-0.39, 0.29) is 0 Å². The number of hydrogen-bond donors (Lipinski definition) is 1. The maximum absolute atomic E-state index is 13.1. The summed E-state index contributed by atoms with van der Waals surface area (Å²) in [6.07, 6.45) is 1.71. The second-order valence-electron chi connectivity index (χ2n) is 4.37. The van der Waals surface area contributed by atoms with Crippen molar-refractivity contribution in [2.45, 2.75) is 6.54 Å². The summed E-state index contributed by atoms with van der Waals surface area (Å²) in [5, 5.41) is 3.16. The van der Waals surface area contributed by atoms with Crippen molar-refractivity contribution in [3.63, 3.8) is 0 Å². The van der Waals surface area contributed by atoms with E-state index in [0.29, 0.717) is 12.1 Å². The van der Waals surface area contributed by atoms with Gasteiger partial charge in [-0.3, -0.25) is 0 Å². The van der Waals surface area contributed by atoms with Gasteiger partial charge in [0, 0.05) is 26.8 Å². The Morgan fingerprint density at radius 2 is 1.95 bits per heavy atom. The molecule has 0 fully saturated rings. The van der Waals surface area contributed by atoms with Crippen LogP contribution in [0.15, 0.2) is 36.5 Å². The molecule has 0 spiro atoms. The van der Waals surface area contributed by atoms with Crippen LogP contribution in [0.4, 0.5) is 20.3 Å². The van der Waals surface area contributed by atoms with Crippen LogP contribution in [0.3, 0.4) is 0 Å². The van der Waals surface area contributed by atoms with Gasteiger partial charge in [0.2, 0.25) is 0 Å². The predicted octanol–water partition coefficient (Wildman–Crippen LogP) is 3.04.